The van der Waals surface area contributed by atoms with Crippen molar-refractivity contribution in [1.82, 2.24) is 14.6 Å². The molecular weight excluding hydrogens is 340 g/mol. The Morgan fingerprint density at radius 1 is 1.20 bits per heavy atom. The average molecular weight is 366 g/mol. The number of carbonyl (C=O) groups excluding carboxylic acids is 1. The van der Waals surface area contributed by atoms with Gasteiger partial charge in [0.25, 0.3) is 0 Å². The summed E-state index contributed by atoms with van der Waals surface area (Å²) in [7, 11) is -3.24. The van der Waals surface area contributed by atoms with Gasteiger partial charge in [-0.05, 0) is 37.8 Å². The first-order valence-corrected chi connectivity index (χ1v) is 10.6. The van der Waals surface area contributed by atoms with Crippen LogP contribution in [-0.2, 0) is 14.8 Å². The van der Waals surface area contributed by atoms with Gasteiger partial charge < -0.3 is 10.2 Å². The highest BCUT2D eigenvalue weighted by molar-refractivity contribution is 7.89. The Morgan fingerprint density at radius 3 is 2.72 bits per heavy atom. The minimum absolute atomic E-state index is 0.0184. The second kappa shape index (κ2) is 8.14. The Hall–Kier alpha value is -1.67. The Labute approximate surface area is 149 Å². The molecule has 25 heavy (non-hydrogen) atoms. The first kappa shape index (κ1) is 18.1. The van der Waals surface area contributed by atoms with Crippen LogP contribution in [0.2, 0.25) is 0 Å². The monoisotopic (exact) mass is 366 g/mol. The van der Waals surface area contributed by atoms with Crippen LogP contribution in [0.15, 0.2) is 24.4 Å². The maximum Gasteiger partial charge on any atom is 0.224 e. The topological polar surface area (TPSA) is 82.6 Å². The lowest BCUT2D eigenvalue weighted by Gasteiger charge is -2.32. The summed E-state index contributed by atoms with van der Waals surface area (Å²) in [6, 6.07) is 5.76. The van der Waals surface area contributed by atoms with E-state index >= 15 is 0 Å². The highest BCUT2D eigenvalue weighted by atomic mass is 32.2. The van der Waals surface area contributed by atoms with Crippen LogP contribution in [0.25, 0.3) is 0 Å². The smallest absolute Gasteiger partial charge is 0.224 e. The van der Waals surface area contributed by atoms with Crippen LogP contribution in [0.5, 0.6) is 0 Å². The predicted molar refractivity (Wildman–Crippen MR) is 96.8 cm³/mol. The number of sulfonamides is 1. The first-order chi connectivity index (χ1) is 12.1. The zero-order valence-corrected chi connectivity index (χ0v) is 15.2. The van der Waals surface area contributed by atoms with Crippen molar-refractivity contribution in [3.8, 4) is 0 Å². The average Bonchev–Trinajstić information content (AvgIpc) is 3.18. The van der Waals surface area contributed by atoms with Crippen LogP contribution >= 0.6 is 0 Å². The van der Waals surface area contributed by atoms with E-state index in [1.54, 1.807) is 6.20 Å². The molecule has 1 unspecified atom stereocenters. The van der Waals surface area contributed by atoms with Crippen molar-refractivity contribution in [2.45, 2.75) is 25.7 Å². The molecule has 1 aromatic rings. The lowest BCUT2D eigenvalue weighted by molar-refractivity contribution is -0.125. The molecular formula is C17H26N4O3S. The van der Waals surface area contributed by atoms with E-state index in [-0.39, 0.29) is 24.1 Å². The van der Waals surface area contributed by atoms with Crippen LogP contribution in [0.3, 0.4) is 0 Å². The quantitative estimate of drug-likeness (QED) is 0.807. The Bertz CT molecular complexity index is 674. The number of amides is 1. The largest absolute Gasteiger partial charge is 0.356 e. The molecule has 0 spiro atoms. The van der Waals surface area contributed by atoms with Gasteiger partial charge in [-0.3, -0.25) is 4.79 Å². The number of pyridine rings is 1. The van der Waals surface area contributed by atoms with Crippen LogP contribution in [0, 0.1) is 5.92 Å². The number of aromatic nitrogens is 1. The molecule has 0 aliphatic carbocycles. The normalized spacial score (nSPS) is 22.1. The summed E-state index contributed by atoms with van der Waals surface area (Å²) in [6.45, 7) is 2.92. The number of nitrogens with one attached hydrogen (secondary N) is 1. The molecule has 3 heterocycles. The number of anilines is 1. The standard InChI is InChI=1S/C17H26N4O3S/c22-17(19-9-13-25(23,24)21-11-3-4-12-21)15-6-5-10-20(14-15)16-7-1-2-8-18-16/h1-2,7-8,15H,3-6,9-14H2,(H,19,22). The fraction of sp³-hybridized carbons (Fsp3) is 0.647. The number of nitrogens with zero attached hydrogens (tertiary/aromatic N) is 3. The van der Waals surface area contributed by atoms with Gasteiger partial charge in [0, 0.05) is 38.9 Å². The number of piperidine rings is 1. The Balaban J connectivity index is 1.48. The second-order valence-electron chi connectivity index (χ2n) is 6.69. The number of carbonyl (C=O) groups is 1. The number of hydrogen-bond donors (Lipinski definition) is 1. The van der Waals surface area contributed by atoms with Gasteiger partial charge in [0.15, 0.2) is 0 Å². The lowest BCUT2D eigenvalue weighted by Crippen LogP contribution is -2.45. The summed E-state index contributed by atoms with van der Waals surface area (Å²) < 4.78 is 25.9. The third-order valence-corrected chi connectivity index (χ3v) is 6.76. The zero-order valence-electron chi connectivity index (χ0n) is 14.4. The Kier molecular flexibility index (Phi) is 5.90. The van der Waals surface area contributed by atoms with Crippen molar-refractivity contribution in [2.24, 2.45) is 5.92 Å². The molecule has 1 atom stereocenters. The summed E-state index contributed by atoms with van der Waals surface area (Å²) in [5, 5.41) is 2.81. The minimum atomic E-state index is -3.24. The van der Waals surface area contributed by atoms with Gasteiger partial charge in [0.05, 0.1) is 11.7 Å². The summed E-state index contributed by atoms with van der Waals surface area (Å²) in [6.07, 6.45) is 5.37. The lowest BCUT2D eigenvalue weighted by atomic mass is 9.97. The van der Waals surface area contributed by atoms with E-state index in [0.29, 0.717) is 19.6 Å². The van der Waals surface area contributed by atoms with E-state index in [1.165, 1.54) is 4.31 Å². The molecule has 0 bridgehead atoms. The summed E-state index contributed by atoms with van der Waals surface area (Å²) in [5.41, 5.74) is 0. The molecule has 7 nitrogen and oxygen atoms in total. The zero-order chi connectivity index (χ0) is 17.7. The SMILES string of the molecule is O=C(NCCS(=O)(=O)N1CCCC1)C1CCCN(c2ccccn2)C1. The van der Waals surface area contributed by atoms with Crippen molar-refractivity contribution in [2.75, 3.05) is 43.4 Å². The van der Waals surface area contributed by atoms with Gasteiger partial charge in [-0.2, -0.15) is 0 Å². The molecule has 1 aromatic heterocycles. The maximum absolute atomic E-state index is 12.4. The summed E-state index contributed by atoms with van der Waals surface area (Å²) >= 11 is 0. The molecule has 1 amide bonds. The first-order valence-electron chi connectivity index (χ1n) is 8.98. The van der Waals surface area contributed by atoms with Crippen molar-refractivity contribution >= 4 is 21.7 Å². The van der Waals surface area contributed by atoms with Gasteiger partial charge >= 0.3 is 0 Å². The third kappa shape index (κ3) is 4.70. The molecule has 138 valence electrons. The van der Waals surface area contributed by atoms with Crippen LogP contribution in [-0.4, -0.2) is 62.1 Å². The van der Waals surface area contributed by atoms with Gasteiger partial charge in [-0.25, -0.2) is 17.7 Å². The molecule has 0 aromatic carbocycles. The van der Waals surface area contributed by atoms with Crippen LogP contribution in [0.4, 0.5) is 5.82 Å². The maximum atomic E-state index is 12.4. The molecule has 1 N–H and O–H groups in total. The molecule has 2 saturated heterocycles. The highest BCUT2D eigenvalue weighted by Gasteiger charge is 2.28. The van der Waals surface area contributed by atoms with Crippen LogP contribution < -0.4 is 10.2 Å². The van der Waals surface area contributed by atoms with Gasteiger partial charge in [0.2, 0.25) is 15.9 Å². The van der Waals surface area contributed by atoms with E-state index in [4.69, 9.17) is 0 Å². The molecule has 0 radical (unpaired) electrons. The third-order valence-electron chi connectivity index (χ3n) is 4.88. The number of hydrogen-bond acceptors (Lipinski definition) is 5. The Morgan fingerprint density at radius 2 is 2.00 bits per heavy atom. The fourth-order valence-corrected chi connectivity index (χ4v) is 4.92. The second-order valence-corrected chi connectivity index (χ2v) is 8.77. The van der Waals surface area contributed by atoms with Crippen molar-refractivity contribution in [3.63, 3.8) is 0 Å². The van der Waals surface area contributed by atoms with E-state index in [0.717, 1.165) is 38.0 Å². The molecule has 2 fully saturated rings. The molecule has 2 aliphatic heterocycles. The van der Waals surface area contributed by atoms with Crippen LogP contribution in [0.1, 0.15) is 25.7 Å². The van der Waals surface area contributed by atoms with E-state index in [9.17, 15) is 13.2 Å². The van der Waals surface area contributed by atoms with E-state index in [1.807, 2.05) is 18.2 Å². The van der Waals surface area contributed by atoms with Gasteiger partial charge in [-0.15, -0.1) is 0 Å². The number of rotatable bonds is 6. The van der Waals surface area contributed by atoms with Gasteiger partial charge in [-0.1, -0.05) is 6.07 Å². The summed E-state index contributed by atoms with van der Waals surface area (Å²) in [5.74, 6) is 0.689. The van der Waals surface area contributed by atoms with E-state index in [2.05, 4.69) is 15.2 Å². The molecule has 0 saturated carbocycles. The summed E-state index contributed by atoms with van der Waals surface area (Å²) in [4.78, 5) is 18.9. The van der Waals surface area contributed by atoms with Gasteiger partial charge in [0.1, 0.15) is 5.82 Å². The highest BCUT2D eigenvalue weighted by Crippen LogP contribution is 2.21. The molecule has 8 heteroatoms. The van der Waals surface area contributed by atoms with Crippen molar-refractivity contribution < 1.29 is 13.2 Å². The van der Waals surface area contributed by atoms with Crippen molar-refractivity contribution in [1.29, 1.82) is 0 Å². The predicted octanol–water partition coefficient (Wildman–Crippen LogP) is 0.840. The minimum Gasteiger partial charge on any atom is -0.356 e. The molecule has 2 aliphatic rings. The molecule has 3 rings (SSSR count). The van der Waals surface area contributed by atoms with Crippen molar-refractivity contribution in [3.05, 3.63) is 24.4 Å². The fourth-order valence-electron chi connectivity index (χ4n) is 3.48. The van der Waals surface area contributed by atoms with E-state index < -0.39 is 10.0 Å².